The van der Waals surface area contributed by atoms with E-state index in [4.69, 9.17) is 14.6 Å². The lowest BCUT2D eigenvalue weighted by molar-refractivity contribution is 0.0288. The van der Waals surface area contributed by atoms with Crippen LogP contribution in [0, 0.1) is 0 Å². The average Bonchev–Trinajstić information content (AvgIpc) is 3.48. The summed E-state index contributed by atoms with van der Waals surface area (Å²) in [5.74, 6) is 0.809. The van der Waals surface area contributed by atoms with Gasteiger partial charge in [0, 0.05) is 36.4 Å². The summed E-state index contributed by atoms with van der Waals surface area (Å²) >= 11 is 0. The Balaban J connectivity index is 1.35. The highest BCUT2D eigenvalue weighted by molar-refractivity contribution is 5.92. The maximum atomic E-state index is 12.6. The first kappa shape index (κ1) is 22.9. The van der Waals surface area contributed by atoms with Gasteiger partial charge >= 0.3 is 6.09 Å². The van der Waals surface area contributed by atoms with Crippen LogP contribution in [0.3, 0.4) is 0 Å². The maximum Gasteiger partial charge on any atom is 0.410 e. The van der Waals surface area contributed by atoms with Crippen molar-refractivity contribution in [2.24, 2.45) is 0 Å². The van der Waals surface area contributed by atoms with Crippen molar-refractivity contribution in [1.82, 2.24) is 19.7 Å². The van der Waals surface area contributed by atoms with Gasteiger partial charge in [-0.2, -0.15) is 5.10 Å². The molecule has 180 valence electrons. The molecule has 1 atom stereocenters. The highest BCUT2D eigenvalue weighted by Crippen LogP contribution is 2.33. The van der Waals surface area contributed by atoms with Crippen LogP contribution < -0.4 is 4.74 Å². The van der Waals surface area contributed by atoms with E-state index < -0.39 is 5.60 Å². The van der Waals surface area contributed by atoms with Gasteiger partial charge in [-0.3, -0.25) is 9.67 Å². The molecule has 1 unspecified atom stereocenters. The van der Waals surface area contributed by atoms with Crippen molar-refractivity contribution in [3.8, 4) is 17.0 Å². The number of carbonyl (C=O) groups excluding carboxylic acids is 1. The third-order valence-electron chi connectivity index (χ3n) is 6.04. The first-order chi connectivity index (χ1) is 16.9. The monoisotopic (exact) mass is 470 g/mol. The Morgan fingerprint density at radius 2 is 1.83 bits per heavy atom. The van der Waals surface area contributed by atoms with Crippen LogP contribution in [0.5, 0.6) is 5.75 Å². The summed E-state index contributed by atoms with van der Waals surface area (Å²) in [7, 11) is 0. The van der Waals surface area contributed by atoms with Crippen LogP contribution in [0.15, 0.2) is 73.1 Å². The Morgan fingerprint density at radius 1 is 1.06 bits per heavy atom. The van der Waals surface area contributed by atoms with E-state index in [1.54, 1.807) is 11.1 Å². The van der Waals surface area contributed by atoms with E-state index in [0.29, 0.717) is 19.7 Å². The van der Waals surface area contributed by atoms with Crippen molar-refractivity contribution in [1.29, 1.82) is 0 Å². The number of aromatic nitrogens is 3. The lowest BCUT2D eigenvalue weighted by atomic mass is 10.1. The Morgan fingerprint density at radius 3 is 2.57 bits per heavy atom. The van der Waals surface area contributed by atoms with Crippen LogP contribution in [0.25, 0.3) is 22.2 Å². The molecule has 35 heavy (non-hydrogen) atoms. The Labute approximate surface area is 205 Å². The van der Waals surface area contributed by atoms with Crippen molar-refractivity contribution in [2.45, 2.75) is 45.4 Å². The minimum Gasteiger partial charge on any atom is -0.489 e. The minimum atomic E-state index is -0.511. The van der Waals surface area contributed by atoms with Gasteiger partial charge in [0.25, 0.3) is 0 Å². The topological polar surface area (TPSA) is 69.5 Å². The molecule has 1 fully saturated rings. The van der Waals surface area contributed by atoms with E-state index in [2.05, 4.69) is 4.98 Å². The summed E-state index contributed by atoms with van der Waals surface area (Å²) in [4.78, 5) is 18.7. The van der Waals surface area contributed by atoms with Gasteiger partial charge in [-0.1, -0.05) is 30.3 Å². The molecule has 5 rings (SSSR count). The smallest absolute Gasteiger partial charge is 0.410 e. The highest BCUT2D eigenvalue weighted by Gasteiger charge is 2.32. The number of ether oxygens (including phenoxy) is 2. The summed E-state index contributed by atoms with van der Waals surface area (Å²) < 4.78 is 13.5. The number of amides is 1. The van der Waals surface area contributed by atoms with Gasteiger partial charge in [-0.05, 0) is 63.1 Å². The minimum absolute atomic E-state index is 0.0784. The molecule has 0 bridgehead atoms. The maximum absolute atomic E-state index is 12.6. The molecule has 3 heterocycles. The van der Waals surface area contributed by atoms with Crippen LogP contribution in [0.1, 0.15) is 38.8 Å². The van der Waals surface area contributed by atoms with Crippen molar-refractivity contribution in [3.05, 3.63) is 78.6 Å². The number of nitrogens with zero attached hydrogens (tertiary/aromatic N) is 4. The first-order valence-electron chi connectivity index (χ1n) is 11.9. The van der Waals surface area contributed by atoms with Gasteiger partial charge in [-0.25, -0.2) is 4.79 Å². The number of rotatable bonds is 5. The van der Waals surface area contributed by atoms with Crippen LogP contribution in [-0.4, -0.2) is 44.4 Å². The van der Waals surface area contributed by atoms with Crippen LogP contribution >= 0.6 is 0 Å². The number of pyridine rings is 1. The van der Waals surface area contributed by atoms with E-state index in [1.165, 1.54) is 0 Å². The largest absolute Gasteiger partial charge is 0.489 e. The molecule has 0 radical (unpaired) electrons. The molecule has 0 aliphatic carbocycles. The van der Waals surface area contributed by atoms with Crippen molar-refractivity contribution < 1.29 is 14.3 Å². The molecule has 1 aliphatic heterocycles. The normalized spacial score (nSPS) is 16.0. The van der Waals surface area contributed by atoms with Gasteiger partial charge in [0.05, 0.1) is 11.6 Å². The molecule has 0 spiro atoms. The van der Waals surface area contributed by atoms with Gasteiger partial charge in [0.15, 0.2) is 0 Å². The predicted molar refractivity (Wildman–Crippen MR) is 135 cm³/mol. The van der Waals surface area contributed by atoms with Gasteiger partial charge in [0.2, 0.25) is 0 Å². The summed E-state index contributed by atoms with van der Waals surface area (Å²) in [6.45, 7) is 7.40. The second-order valence-corrected chi connectivity index (χ2v) is 9.85. The van der Waals surface area contributed by atoms with E-state index in [0.717, 1.165) is 39.9 Å². The fraction of sp³-hybridized carbons (Fsp3) is 0.321. The molecule has 7 heteroatoms. The second-order valence-electron chi connectivity index (χ2n) is 9.85. The first-order valence-corrected chi connectivity index (χ1v) is 11.9. The Bertz CT molecular complexity index is 1310. The van der Waals surface area contributed by atoms with Crippen molar-refractivity contribution in [3.63, 3.8) is 0 Å². The van der Waals surface area contributed by atoms with Crippen molar-refractivity contribution in [2.75, 3.05) is 13.1 Å². The quantitative estimate of drug-likeness (QED) is 0.365. The van der Waals surface area contributed by atoms with Gasteiger partial charge < -0.3 is 14.4 Å². The fourth-order valence-electron chi connectivity index (χ4n) is 4.36. The average molecular weight is 471 g/mol. The molecule has 1 saturated heterocycles. The zero-order chi connectivity index (χ0) is 24.4. The fourth-order valence-corrected chi connectivity index (χ4v) is 4.36. The third-order valence-corrected chi connectivity index (χ3v) is 6.04. The lowest BCUT2D eigenvalue weighted by Gasteiger charge is -2.24. The molecule has 2 aromatic heterocycles. The van der Waals surface area contributed by atoms with E-state index in [1.807, 2.05) is 92.3 Å². The van der Waals surface area contributed by atoms with Crippen LogP contribution in [-0.2, 0) is 11.3 Å². The van der Waals surface area contributed by atoms with E-state index in [-0.39, 0.29) is 12.1 Å². The van der Waals surface area contributed by atoms with Crippen LogP contribution in [0.4, 0.5) is 4.79 Å². The van der Waals surface area contributed by atoms with Crippen LogP contribution in [0.2, 0.25) is 0 Å². The molecular weight excluding hydrogens is 440 g/mol. The number of carbonyl (C=O) groups is 1. The number of hydrogen-bond donors (Lipinski definition) is 0. The molecule has 0 N–H and O–H groups in total. The molecule has 2 aromatic carbocycles. The summed E-state index contributed by atoms with van der Waals surface area (Å²) in [5, 5.41) is 5.98. The van der Waals surface area contributed by atoms with E-state index >= 15 is 0 Å². The second kappa shape index (κ2) is 9.41. The lowest BCUT2D eigenvalue weighted by Crippen LogP contribution is -2.35. The number of benzene rings is 2. The molecule has 4 aromatic rings. The highest BCUT2D eigenvalue weighted by atomic mass is 16.6. The summed E-state index contributed by atoms with van der Waals surface area (Å²) in [6.07, 6.45) is 4.19. The van der Waals surface area contributed by atoms with Gasteiger partial charge in [-0.15, -0.1) is 0 Å². The molecule has 1 amide bonds. The summed E-state index contributed by atoms with van der Waals surface area (Å²) in [6, 6.07) is 20.2. The molecule has 1 aliphatic rings. The summed E-state index contributed by atoms with van der Waals surface area (Å²) in [5.41, 5.74) is 3.50. The predicted octanol–water partition coefficient (Wildman–Crippen LogP) is 5.86. The number of hydrogen-bond acceptors (Lipinski definition) is 5. The Hall–Kier alpha value is -3.87. The van der Waals surface area contributed by atoms with Gasteiger partial charge in [0.1, 0.15) is 23.7 Å². The standard InChI is InChI=1S/C28H30N4O3/c1-28(2,3)35-27(33)31-16-14-22(18-31)32-25-13-15-29-17-24(25)26(30-32)21-9-11-23(12-10-21)34-19-20-7-5-4-6-8-20/h4-13,15,17,22H,14,16,18-19H2,1-3H3. The zero-order valence-corrected chi connectivity index (χ0v) is 20.3. The molecular formula is C28H30N4O3. The molecule has 0 saturated carbocycles. The van der Waals surface area contributed by atoms with E-state index in [9.17, 15) is 4.79 Å². The zero-order valence-electron chi connectivity index (χ0n) is 20.3. The number of fused-ring (bicyclic) bond motifs is 1. The van der Waals surface area contributed by atoms with Crippen molar-refractivity contribution >= 4 is 17.0 Å². The third kappa shape index (κ3) is 5.14. The SMILES string of the molecule is CC(C)(C)OC(=O)N1CCC(n2nc(-c3ccc(OCc4ccccc4)cc3)c3cnccc32)C1. The molecule has 7 nitrogen and oxygen atoms in total. The number of likely N-dealkylation sites (tertiary alicyclic amines) is 1. The Kier molecular flexibility index (Phi) is 6.16.